The highest BCUT2D eigenvalue weighted by Gasteiger charge is 2.21. The molecule has 0 aliphatic carbocycles. The quantitative estimate of drug-likeness (QED) is 0.387. The van der Waals surface area contributed by atoms with E-state index in [-0.39, 0.29) is 23.6 Å². The number of aromatic nitrogens is 6. The standard InChI is InChI=1S/C27H24F2N6O2/c1-15-12-31-21(20-5-7-30-26(33-20)27(3,4)37)11-23(15)35-16(2)9-24-18(25(35)36)6-8-34(24)14-22-19(29)10-17(28)13-32-22/h5-13,37H,14H2,1-4H3. The summed E-state index contributed by atoms with van der Waals surface area (Å²) in [4.78, 5) is 30.6. The number of fused-ring (bicyclic) bond motifs is 1. The highest BCUT2D eigenvalue weighted by Crippen LogP contribution is 2.25. The van der Waals surface area contributed by atoms with Gasteiger partial charge >= 0.3 is 0 Å². The first kappa shape index (κ1) is 24.4. The molecule has 0 unspecified atom stereocenters. The van der Waals surface area contributed by atoms with Crippen LogP contribution in [0.4, 0.5) is 8.78 Å². The van der Waals surface area contributed by atoms with Crippen molar-refractivity contribution >= 4 is 10.9 Å². The van der Waals surface area contributed by atoms with Crippen molar-refractivity contribution in [3.63, 3.8) is 0 Å². The van der Waals surface area contributed by atoms with Crippen LogP contribution in [-0.2, 0) is 12.1 Å². The molecule has 0 radical (unpaired) electrons. The lowest BCUT2D eigenvalue weighted by Crippen LogP contribution is -2.22. The van der Waals surface area contributed by atoms with Gasteiger partial charge in [0.15, 0.2) is 5.82 Å². The van der Waals surface area contributed by atoms with E-state index in [4.69, 9.17) is 0 Å². The largest absolute Gasteiger partial charge is 0.382 e. The lowest BCUT2D eigenvalue weighted by molar-refractivity contribution is 0.0688. The Kier molecular flexibility index (Phi) is 5.91. The molecule has 5 rings (SSSR count). The van der Waals surface area contributed by atoms with Gasteiger partial charge in [-0.3, -0.25) is 19.3 Å². The highest BCUT2D eigenvalue weighted by atomic mass is 19.1. The van der Waals surface area contributed by atoms with Crippen LogP contribution in [-0.4, -0.2) is 34.2 Å². The summed E-state index contributed by atoms with van der Waals surface area (Å²) in [6.07, 6.45) is 5.88. The summed E-state index contributed by atoms with van der Waals surface area (Å²) in [7, 11) is 0. The Morgan fingerprint density at radius 1 is 1.00 bits per heavy atom. The number of hydrogen-bond donors (Lipinski definition) is 1. The van der Waals surface area contributed by atoms with E-state index in [0.717, 1.165) is 17.8 Å². The van der Waals surface area contributed by atoms with Crippen LogP contribution in [0, 0.1) is 25.5 Å². The number of rotatable bonds is 5. The SMILES string of the molecule is Cc1cnc(-c2ccnc(C(C)(C)O)n2)cc1-n1c(C)cc2c(ccn2Cc2ncc(F)cc2F)c1=O. The summed E-state index contributed by atoms with van der Waals surface area (Å²) in [5, 5.41) is 10.7. The summed E-state index contributed by atoms with van der Waals surface area (Å²) in [5.41, 5.74) is 2.33. The van der Waals surface area contributed by atoms with Crippen LogP contribution < -0.4 is 5.56 Å². The highest BCUT2D eigenvalue weighted by molar-refractivity contribution is 5.80. The van der Waals surface area contributed by atoms with Crippen molar-refractivity contribution in [3.8, 4) is 17.1 Å². The lowest BCUT2D eigenvalue weighted by atomic mass is 10.1. The Bertz CT molecular complexity index is 1720. The zero-order valence-corrected chi connectivity index (χ0v) is 20.7. The van der Waals surface area contributed by atoms with Gasteiger partial charge in [0.05, 0.1) is 46.4 Å². The van der Waals surface area contributed by atoms with Gasteiger partial charge < -0.3 is 9.67 Å². The number of aryl methyl sites for hydroxylation is 2. The molecule has 0 saturated carbocycles. The smallest absolute Gasteiger partial charge is 0.264 e. The van der Waals surface area contributed by atoms with Crippen molar-refractivity contribution in [2.45, 2.75) is 39.8 Å². The van der Waals surface area contributed by atoms with Crippen LogP contribution in [0.15, 0.2) is 59.9 Å². The molecule has 0 atom stereocenters. The van der Waals surface area contributed by atoms with Gasteiger partial charge in [-0.1, -0.05) is 0 Å². The first-order valence-electron chi connectivity index (χ1n) is 11.6. The van der Waals surface area contributed by atoms with E-state index in [1.807, 2.05) is 19.9 Å². The molecule has 5 aromatic rings. The first-order chi connectivity index (χ1) is 17.5. The molecule has 0 aliphatic heterocycles. The van der Waals surface area contributed by atoms with Crippen LogP contribution in [0.3, 0.4) is 0 Å². The third kappa shape index (κ3) is 4.51. The minimum absolute atomic E-state index is 0.0498. The van der Waals surface area contributed by atoms with E-state index in [0.29, 0.717) is 33.7 Å². The second-order valence-electron chi connectivity index (χ2n) is 9.43. The average Bonchev–Trinajstić information content (AvgIpc) is 3.24. The monoisotopic (exact) mass is 502 g/mol. The average molecular weight is 503 g/mol. The normalized spacial score (nSPS) is 11.9. The molecule has 0 saturated heterocycles. The molecule has 0 bridgehead atoms. The van der Waals surface area contributed by atoms with E-state index < -0.39 is 17.2 Å². The molecular weight excluding hydrogens is 478 g/mol. The maximum atomic E-state index is 14.2. The van der Waals surface area contributed by atoms with Crippen molar-refractivity contribution < 1.29 is 13.9 Å². The van der Waals surface area contributed by atoms with Crippen molar-refractivity contribution in [1.29, 1.82) is 0 Å². The maximum absolute atomic E-state index is 14.2. The second-order valence-corrected chi connectivity index (χ2v) is 9.43. The molecule has 0 spiro atoms. The van der Waals surface area contributed by atoms with Gasteiger partial charge in [0, 0.05) is 30.4 Å². The molecule has 188 valence electrons. The van der Waals surface area contributed by atoms with Gasteiger partial charge in [0.1, 0.15) is 17.2 Å². The van der Waals surface area contributed by atoms with Crippen LogP contribution in [0.2, 0.25) is 0 Å². The predicted octanol–water partition coefficient (Wildman–Crippen LogP) is 4.21. The fraction of sp³-hybridized carbons (Fsp3) is 0.222. The number of halogens is 2. The van der Waals surface area contributed by atoms with E-state index in [9.17, 15) is 18.7 Å². The van der Waals surface area contributed by atoms with Crippen molar-refractivity contribution in [3.05, 3.63) is 99.9 Å². The third-order valence-electron chi connectivity index (χ3n) is 6.12. The van der Waals surface area contributed by atoms with E-state index in [1.165, 1.54) is 0 Å². The zero-order chi connectivity index (χ0) is 26.5. The van der Waals surface area contributed by atoms with Gasteiger partial charge in [0.2, 0.25) is 0 Å². The molecular formula is C27H24F2N6O2. The summed E-state index contributed by atoms with van der Waals surface area (Å²) in [5.74, 6) is -1.23. The molecule has 0 fully saturated rings. The minimum Gasteiger partial charge on any atom is -0.382 e. The zero-order valence-electron chi connectivity index (χ0n) is 20.7. The van der Waals surface area contributed by atoms with Crippen molar-refractivity contribution in [2.75, 3.05) is 0 Å². The van der Waals surface area contributed by atoms with Gasteiger partial charge in [-0.2, -0.15) is 0 Å². The summed E-state index contributed by atoms with van der Waals surface area (Å²) >= 11 is 0. The Labute approximate surface area is 210 Å². The summed E-state index contributed by atoms with van der Waals surface area (Å²) < 4.78 is 30.8. The van der Waals surface area contributed by atoms with E-state index in [1.54, 1.807) is 59.8 Å². The van der Waals surface area contributed by atoms with Gasteiger partial charge in [-0.15, -0.1) is 0 Å². The van der Waals surface area contributed by atoms with Crippen LogP contribution >= 0.6 is 0 Å². The first-order valence-corrected chi connectivity index (χ1v) is 11.6. The maximum Gasteiger partial charge on any atom is 0.264 e. The van der Waals surface area contributed by atoms with E-state index >= 15 is 0 Å². The Hall–Kier alpha value is -4.31. The molecule has 37 heavy (non-hydrogen) atoms. The number of pyridine rings is 3. The molecule has 1 N–H and O–H groups in total. The van der Waals surface area contributed by atoms with Crippen LogP contribution in [0.5, 0.6) is 0 Å². The Morgan fingerprint density at radius 2 is 1.78 bits per heavy atom. The minimum atomic E-state index is -1.22. The fourth-order valence-corrected chi connectivity index (χ4v) is 4.22. The van der Waals surface area contributed by atoms with Crippen LogP contribution in [0.1, 0.15) is 36.6 Å². The molecule has 5 aromatic heterocycles. The topological polar surface area (TPSA) is 98.7 Å². The summed E-state index contributed by atoms with van der Waals surface area (Å²) in [6.45, 7) is 6.92. The third-order valence-corrected chi connectivity index (χ3v) is 6.12. The van der Waals surface area contributed by atoms with Crippen molar-refractivity contribution in [2.24, 2.45) is 0 Å². The number of hydrogen-bond acceptors (Lipinski definition) is 6. The Morgan fingerprint density at radius 3 is 2.51 bits per heavy atom. The van der Waals surface area contributed by atoms with Gasteiger partial charge in [-0.05, 0) is 57.5 Å². The number of nitrogens with zero attached hydrogens (tertiary/aromatic N) is 6. The molecule has 0 amide bonds. The predicted molar refractivity (Wildman–Crippen MR) is 134 cm³/mol. The molecule has 0 aromatic carbocycles. The number of aliphatic hydroxyl groups is 1. The van der Waals surface area contributed by atoms with Gasteiger partial charge in [0.25, 0.3) is 5.56 Å². The second kappa shape index (κ2) is 8.97. The summed E-state index contributed by atoms with van der Waals surface area (Å²) in [6, 6.07) is 7.78. The fourth-order valence-electron chi connectivity index (χ4n) is 4.22. The molecule has 8 nitrogen and oxygen atoms in total. The molecule has 10 heteroatoms. The lowest BCUT2D eigenvalue weighted by Gasteiger charge is -2.17. The Balaban J connectivity index is 1.60. The van der Waals surface area contributed by atoms with E-state index in [2.05, 4.69) is 19.9 Å². The molecule has 5 heterocycles. The van der Waals surface area contributed by atoms with Gasteiger partial charge in [-0.25, -0.2) is 18.7 Å². The van der Waals surface area contributed by atoms with Crippen LogP contribution in [0.25, 0.3) is 28.0 Å². The molecule has 0 aliphatic rings. The van der Waals surface area contributed by atoms with Crippen molar-refractivity contribution in [1.82, 2.24) is 29.1 Å².